The van der Waals surface area contributed by atoms with Crippen LogP contribution in [0.3, 0.4) is 0 Å². The van der Waals surface area contributed by atoms with E-state index in [2.05, 4.69) is 5.32 Å². The summed E-state index contributed by atoms with van der Waals surface area (Å²) in [6.45, 7) is 3.77. The molecule has 0 atom stereocenters. The molecule has 2 rings (SSSR count). The predicted molar refractivity (Wildman–Crippen MR) is 70.5 cm³/mol. The number of halogens is 1. The summed E-state index contributed by atoms with van der Waals surface area (Å²) < 4.78 is 0. The molecule has 1 heterocycles. The van der Waals surface area contributed by atoms with Crippen LogP contribution < -0.4 is 5.32 Å². The van der Waals surface area contributed by atoms with Crippen molar-refractivity contribution in [2.45, 2.75) is 31.6 Å². The molecule has 0 spiro atoms. The van der Waals surface area contributed by atoms with Crippen molar-refractivity contribution < 1.29 is 4.79 Å². The van der Waals surface area contributed by atoms with Gasteiger partial charge in [-0.25, -0.2) is 0 Å². The number of carbonyl (C=O) groups excluding carboxylic acids is 1. The first kappa shape index (κ1) is 12.6. The van der Waals surface area contributed by atoms with E-state index in [0.29, 0.717) is 12.2 Å². The molecule has 1 saturated heterocycles. The molecule has 92 valence electrons. The lowest BCUT2D eigenvalue weighted by atomic mass is 9.69. The molecule has 1 N–H and O–H groups in total. The average molecular weight is 252 g/mol. The lowest BCUT2D eigenvalue weighted by molar-refractivity contribution is -0.125. The second-order valence-electron chi connectivity index (χ2n) is 4.62. The first-order valence-corrected chi connectivity index (χ1v) is 6.57. The Labute approximate surface area is 107 Å². The van der Waals surface area contributed by atoms with Gasteiger partial charge in [0.2, 0.25) is 0 Å². The van der Waals surface area contributed by atoms with Crippen LogP contribution in [0.25, 0.3) is 0 Å². The zero-order valence-corrected chi connectivity index (χ0v) is 10.9. The number of Topliss-reactive ketones (excluding diaryl/α,β-unsaturated/α-hetero) is 1. The summed E-state index contributed by atoms with van der Waals surface area (Å²) in [6, 6.07) is 7.76. The van der Waals surface area contributed by atoms with E-state index in [1.54, 1.807) is 0 Å². The Morgan fingerprint density at radius 2 is 1.88 bits per heavy atom. The highest BCUT2D eigenvalue weighted by molar-refractivity contribution is 6.30. The summed E-state index contributed by atoms with van der Waals surface area (Å²) in [5, 5.41) is 4.05. The van der Waals surface area contributed by atoms with Crippen LogP contribution in [-0.2, 0) is 10.2 Å². The standard InChI is InChI=1S/C14H18ClNO/c1-2-13(17)14(7-9-16-10-8-14)11-3-5-12(15)6-4-11/h3-6,16H,2,7-10H2,1H3. The van der Waals surface area contributed by atoms with Gasteiger partial charge in [0.1, 0.15) is 5.78 Å². The lowest BCUT2D eigenvalue weighted by Crippen LogP contribution is -2.45. The number of carbonyl (C=O) groups is 1. The van der Waals surface area contributed by atoms with Crippen molar-refractivity contribution in [3.63, 3.8) is 0 Å². The Morgan fingerprint density at radius 1 is 1.29 bits per heavy atom. The molecule has 0 aromatic heterocycles. The Bertz CT molecular complexity index is 393. The Kier molecular flexibility index (Phi) is 3.85. The number of benzene rings is 1. The van der Waals surface area contributed by atoms with E-state index in [1.165, 1.54) is 0 Å². The van der Waals surface area contributed by atoms with E-state index in [-0.39, 0.29) is 5.41 Å². The number of hydrogen-bond donors (Lipinski definition) is 1. The van der Waals surface area contributed by atoms with Gasteiger partial charge < -0.3 is 5.32 Å². The van der Waals surface area contributed by atoms with Crippen molar-refractivity contribution in [2.24, 2.45) is 0 Å². The van der Waals surface area contributed by atoms with Crippen molar-refractivity contribution in [1.29, 1.82) is 0 Å². The van der Waals surface area contributed by atoms with Gasteiger partial charge in [-0.3, -0.25) is 4.79 Å². The summed E-state index contributed by atoms with van der Waals surface area (Å²) in [4.78, 5) is 12.3. The van der Waals surface area contributed by atoms with Gasteiger partial charge in [-0.15, -0.1) is 0 Å². The fourth-order valence-electron chi connectivity index (χ4n) is 2.69. The highest BCUT2D eigenvalue weighted by atomic mass is 35.5. The third-order valence-electron chi connectivity index (χ3n) is 3.71. The Hall–Kier alpha value is -0.860. The van der Waals surface area contributed by atoms with E-state index in [4.69, 9.17) is 11.6 Å². The molecule has 1 aromatic carbocycles. The molecule has 0 unspecified atom stereocenters. The molecule has 17 heavy (non-hydrogen) atoms. The second kappa shape index (κ2) is 5.19. The van der Waals surface area contributed by atoms with E-state index < -0.39 is 0 Å². The van der Waals surface area contributed by atoms with Crippen molar-refractivity contribution in [2.75, 3.05) is 13.1 Å². The van der Waals surface area contributed by atoms with Crippen LogP contribution in [0.5, 0.6) is 0 Å². The summed E-state index contributed by atoms with van der Waals surface area (Å²) in [6.07, 6.45) is 2.38. The molecule has 1 aromatic rings. The molecule has 3 heteroatoms. The predicted octanol–water partition coefficient (Wildman–Crippen LogP) is 2.94. The maximum atomic E-state index is 12.3. The number of piperidine rings is 1. The van der Waals surface area contributed by atoms with Gasteiger partial charge in [0.15, 0.2) is 0 Å². The smallest absolute Gasteiger partial charge is 0.143 e. The van der Waals surface area contributed by atoms with Crippen LogP contribution in [0, 0.1) is 0 Å². The van der Waals surface area contributed by atoms with Crippen LogP contribution in [0.1, 0.15) is 31.7 Å². The van der Waals surface area contributed by atoms with Gasteiger partial charge in [-0.2, -0.15) is 0 Å². The number of rotatable bonds is 3. The zero-order chi connectivity index (χ0) is 12.3. The van der Waals surface area contributed by atoms with Crippen molar-refractivity contribution in [3.8, 4) is 0 Å². The minimum Gasteiger partial charge on any atom is -0.317 e. The maximum Gasteiger partial charge on any atom is 0.143 e. The summed E-state index contributed by atoms with van der Waals surface area (Å²) >= 11 is 5.91. The average Bonchev–Trinajstić information content (AvgIpc) is 2.39. The quantitative estimate of drug-likeness (QED) is 0.895. The number of ketones is 1. The highest BCUT2D eigenvalue weighted by Gasteiger charge is 2.39. The SMILES string of the molecule is CCC(=O)C1(c2ccc(Cl)cc2)CCNCC1. The molecule has 0 aliphatic carbocycles. The summed E-state index contributed by atoms with van der Waals surface area (Å²) in [7, 11) is 0. The molecule has 1 fully saturated rings. The maximum absolute atomic E-state index is 12.3. The molecule has 2 nitrogen and oxygen atoms in total. The number of hydrogen-bond acceptors (Lipinski definition) is 2. The molecule has 0 saturated carbocycles. The second-order valence-corrected chi connectivity index (χ2v) is 5.05. The van der Waals surface area contributed by atoms with E-state index in [1.807, 2.05) is 31.2 Å². The molecule has 0 radical (unpaired) electrons. The first-order valence-electron chi connectivity index (χ1n) is 6.19. The Morgan fingerprint density at radius 3 is 2.41 bits per heavy atom. The van der Waals surface area contributed by atoms with Crippen LogP contribution in [0.2, 0.25) is 5.02 Å². The number of nitrogens with one attached hydrogen (secondary N) is 1. The van der Waals surface area contributed by atoms with Gasteiger partial charge in [-0.05, 0) is 43.6 Å². The normalized spacial score (nSPS) is 18.9. The van der Waals surface area contributed by atoms with E-state index in [0.717, 1.165) is 36.5 Å². The third-order valence-corrected chi connectivity index (χ3v) is 3.96. The van der Waals surface area contributed by atoms with Crippen LogP contribution in [0.15, 0.2) is 24.3 Å². The van der Waals surface area contributed by atoms with Crippen LogP contribution in [-0.4, -0.2) is 18.9 Å². The molecular weight excluding hydrogens is 234 g/mol. The zero-order valence-electron chi connectivity index (χ0n) is 10.1. The van der Waals surface area contributed by atoms with Crippen molar-refractivity contribution in [1.82, 2.24) is 5.32 Å². The van der Waals surface area contributed by atoms with E-state index in [9.17, 15) is 4.79 Å². The Balaban J connectivity index is 2.38. The molecular formula is C14H18ClNO. The minimum absolute atomic E-state index is 0.287. The van der Waals surface area contributed by atoms with Crippen LogP contribution in [0.4, 0.5) is 0 Å². The molecule has 1 aliphatic heterocycles. The van der Waals surface area contributed by atoms with Gasteiger partial charge in [0, 0.05) is 11.4 Å². The van der Waals surface area contributed by atoms with Crippen molar-refractivity contribution in [3.05, 3.63) is 34.9 Å². The fraction of sp³-hybridized carbons (Fsp3) is 0.500. The largest absolute Gasteiger partial charge is 0.317 e. The fourth-order valence-corrected chi connectivity index (χ4v) is 2.82. The molecule has 0 amide bonds. The minimum atomic E-state index is -0.287. The topological polar surface area (TPSA) is 29.1 Å². The molecule has 1 aliphatic rings. The molecule has 0 bridgehead atoms. The van der Waals surface area contributed by atoms with Gasteiger partial charge in [0.05, 0.1) is 5.41 Å². The van der Waals surface area contributed by atoms with Gasteiger partial charge in [-0.1, -0.05) is 30.7 Å². The summed E-state index contributed by atoms with van der Waals surface area (Å²) in [5.41, 5.74) is 0.833. The third kappa shape index (κ3) is 2.38. The monoisotopic (exact) mass is 251 g/mol. The van der Waals surface area contributed by atoms with Gasteiger partial charge in [0.25, 0.3) is 0 Å². The first-order chi connectivity index (χ1) is 8.19. The van der Waals surface area contributed by atoms with Gasteiger partial charge >= 0.3 is 0 Å². The van der Waals surface area contributed by atoms with Crippen molar-refractivity contribution >= 4 is 17.4 Å². The summed E-state index contributed by atoms with van der Waals surface area (Å²) in [5.74, 6) is 0.348. The highest BCUT2D eigenvalue weighted by Crippen LogP contribution is 2.35. The lowest BCUT2D eigenvalue weighted by Gasteiger charge is -2.36. The van der Waals surface area contributed by atoms with E-state index >= 15 is 0 Å². The van der Waals surface area contributed by atoms with Crippen LogP contribution >= 0.6 is 11.6 Å².